The molecule has 1 atom stereocenters. The van der Waals surface area contributed by atoms with E-state index < -0.39 is 6.04 Å². The zero-order chi connectivity index (χ0) is 24.1. The van der Waals surface area contributed by atoms with Crippen LogP contribution in [0, 0.1) is 5.82 Å². The third-order valence-corrected chi connectivity index (χ3v) is 6.06. The van der Waals surface area contributed by atoms with Crippen molar-refractivity contribution in [3.63, 3.8) is 0 Å². The minimum atomic E-state index is -0.744. The Labute approximate surface area is 202 Å². The molecule has 174 valence electrons. The van der Waals surface area contributed by atoms with E-state index in [1.165, 1.54) is 17.0 Å². The summed E-state index contributed by atoms with van der Waals surface area (Å²) in [5, 5.41) is 3.18. The van der Waals surface area contributed by atoms with Crippen LogP contribution < -0.4 is 15.0 Å². The molecule has 1 unspecified atom stereocenters. The Bertz CT molecular complexity index is 1170. The summed E-state index contributed by atoms with van der Waals surface area (Å²) >= 11 is 5.67. The molecular weight excluding hydrogens is 453 g/mol. The van der Waals surface area contributed by atoms with Crippen molar-refractivity contribution in [2.75, 3.05) is 23.9 Å². The number of carbonyl (C=O) groups is 2. The quantitative estimate of drug-likeness (QED) is 0.487. The summed E-state index contributed by atoms with van der Waals surface area (Å²) in [4.78, 5) is 29.5. The number of ether oxygens (including phenoxy) is 1. The minimum absolute atomic E-state index is 0.0578. The maximum atomic E-state index is 13.4. The molecule has 3 aromatic carbocycles. The lowest BCUT2D eigenvalue weighted by Crippen LogP contribution is -2.39. The van der Waals surface area contributed by atoms with Crippen LogP contribution in [0.3, 0.4) is 0 Å². The molecule has 0 radical (unpaired) electrons. The minimum Gasteiger partial charge on any atom is -0.497 e. The summed E-state index contributed by atoms with van der Waals surface area (Å²) in [5.74, 6) is -0.174. The number of amides is 2. The fourth-order valence-corrected chi connectivity index (χ4v) is 4.28. The lowest BCUT2D eigenvalue weighted by atomic mass is 10.1. The third-order valence-electron chi connectivity index (χ3n) is 5.64. The van der Waals surface area contributed by atoms with Gasteiger partial charge in [-0.3, -0.25) is 14.5 Å². The summed E-state index contributed by atoms with van der Waals surface area (Å²) < 4.78 is 18.4. The highest BCUT2D eigenvalue weighted by Crippen LogP contribution is 2.28. The van der Waals surface area contributed by atoms with Gasteiger partial charge in [-0.1, -0.05) is 30.3 Å². The lowest BCUT2D eigenvalue weighted by Gasteiger charge is -2.24. The van der Waals surface area contributed by atoms with Gasteiger partial charge in [0, 0.05) is 12.2 Å². The van der Waals surface area contributed by atoms with E-state index in [1.54, 1.807) is 48.4 Å². The van der Waals surface area contributed by atoms with Gasteiger partial charge in [0.15, 0.2) is 5.11 Å². The Balaban J connectivity index is 1.52. The van der Waals surface area contributed by atoms with Gasteiger partial charge >= 0.3 is 0 Å². The summed E-state index contributed by atoms with van der Waals surface area (Å²) in [5.41, 5.74) is 2.18. The van der Waals surface area contributed by atoms with Crippen molar-refractivity contribution < 1.29 is 18.7 Å². The van der Waals surface area contributed by atoms with Gasteiger partial charge in [0.1, 0.15) is 17.6 Å². The first-order chi connectivity index (χ1) is 16.5. The molecule has 1 heterocycles. The van der Waals surface area contributed by atoms with E-state index in [1.807, 2.05) is 30.3 Å². The van der Waals surface area contributed by atoms with E-state index in [-0.39, 0.29) is 24.1 Å². The molecule has 0 bridgehead atoms. The molecule has 0 saturated carbocycles. The van der Waals surface area contributed by atoms with Crippen LogP contribution in [0.15, 0.2) is 78.9 Å². The number of anilines is 2. The van der Waals surface area contributed by atoms with Crippen LogP contribution in [-0.2, 0) is 16.0 Å². The molecule has 0 aliphatic carbocycles. The van der Waals surface area contributed by atoms with Crippen molar-refractivity contribution in [3.05, 3.63) is 90.2 Å². The summed E-state index contributed by atoms with van der Waals surface area (Å²) in [7, 11) is 1.57. The molecule has 1 fully saturated rings. The zero-order valence-electron chi connectivity index (χ0n) is 18.6. The fourth-order valence-electron chi connectivity index (χ4n) is 3.86. The van der Waals surface area contributed by atoms with Crippen LogP contribution in [0.5, 0.6) is 5.75 Å². The van der Waals surface area contributed by atoms with Crippen molar-refractivity contribution in [2.45, 2.75) is 18.9 Å². The molecule has 4 rings (SSSR count). The topological polar surface area (TPSA) is 61.9 Å². The lowest BCUT2D eigenvalue weighted by molar-refractivity contribution is -0.124. The first-order valence-electron chi connectivity index (χ1n) is 10.8. The molecule has 3 aromatic rings. The van der Waals surface area contributed by atoms with Gasteiger partial charge in [0.2, 0.25) is 5.91 Å². The summed E-state index contributed by atoms with van der Waals surface area (Å²) in [6, 6.07) is 21.6. The number of carbonyl (C=O) groups excluding carboxylic acids is 2. The van der Waals surface area contributed by atoms with Crippen LogP contribution in [0.2, 0.25) is 0 Å². The molecule has 1 N–H and O–H groups in total. The van der Waals surface area contributed by atoms with Crippen molar-refractivity contribution >= 4 is 40.5 Å². The van der Waals surface area contributed by atoms with Crippen LogP contribution in [0.1, 0.15) is 12.0 Å². The van der Waals surface area contributed by atoms with Crippen molar-refractivity contribution in [1.82, 2.24) is 4.90 Å². The van der Waals surface area contributed by atoms with Crippen molar-refractivity contribution in [3.8, 4) is 5.75 Å². The number of nitrogens with one attached hydrogen (secondary N) is 1. The van der Waals surface area contributed by atoms with Crippen molar-refractivity contribution in [2.24, 2.45) is 0 Å². The number of hydrogen-bond acceptors (Lipinski definition) is 4. The van der Waals surface area contributed by atoms with Gasteiger partial charge in [-0.25, -0.2) is 4.39 Å². The van der Waals surface area contributed by atoms with E-state index in [2.05, 4.69) is 5.32 Å². The summed E-state index contributed by atoms with van der Waals surface area (Å²) in [6.45, 7) is 0.417. The maximum absolute atomic E-state index is 13.4. The predicted molar refractivity (Wildman–Crippen MR) is 133 cm³/mol. The molecule has 1 aliphatic rings. The van der Waals surface area contributed by atoms with Gasteiger partial charge in [-0.2, -0.15) is 0 Å². The number of halogens is 1. The molecule has 34 heavy (non-hydrogen) atoms. The number of hydrogen-bond donors (Lipinski definition) is 1. The second-order valence-electron chi connectivity index (χ2n) is 7.86. The molecular formula is C26H24FN3O3S. The molecule has 8 heteroatoms. The summed E-state index contributed by atoms with van der Waals surface area (Å²) in [6.07, 6.45) is 0.491. The van der Waals surface area contributed by atoms with E-state index >= 15 is 0 Å². The molecule has 0 aromatic heterocycles. The number of thiocarbonyl (C=S) groups is 1. The number of benzene rings is 3. The van der Waals surface area contributed by atoms with Crippen LogP contribution >= 0.6 is 12.2 Å². The monoisotopic (exact) mass is 477 g/mol. The smallest absolute Gasteiger partial charge is 0.256 e. The van der Waals surface area contributed by atoms with Gasteiger partial charge in [0.05, 0.1) is 19.2 Å². The number of rotatable bonds is 8. The fraction of sp³-hybridized carbons (Fsp3) is 0.192. The number of methoxy groups -OCH3 is 1. The largest absolute Gasteiger partial charge is 0.497 e. The standard InChI is InChI=1S/C26H24FN3O3S/c1-33-22-13-11-20(12-14-22)28-24(31)17-23-25(32)30(21-5-3-2-4-6-21)26(34)29(23)16-15-18-7-9-19(27)10-8-18/h2-14,23H,15-17H2,1H3,(H,28,31). The van der Waals surface area contributed by atoms with Gasteiger partial charge in [0.25, 0.3) is 5.91 Å². The van der Waals surface area contributed by atoms with Crippen LogP contribution in [-0.4, -0.2) is 41.5 Å². The maximum Gasteiger partial charge on any atom is 0.256 e. The Morgan fingerprint density at radius 3 is 2.35 bits per heavy atom. The van der Waals surface area contributed by atoms with Crippen LogP contribution in [0.4, 0.5) is 15.8 Å². The average molecular weight is 478 g/mol. The Kier molecular flexibility index (Phi) is 7.18. The highest BCUT2D eigenvalue weighted by molar-refractivity contribution is 7.80. The first-order valence-corrected chi connectivity index (χ1v) is 11.2. The molecule has 2 amide bonds. The second kappa shape index (κ2) is 10.4. The van der Waals surface area contributed by atoms with Gasteiger partial charge < -0.3 is 15.0 Å². The Morgan fingerprint density at radius 1 is 1.03 bits per heavy atom. The molecule has 1 saturated heterocycles. The first kappa shape index (κ1) is 23.4. The van der Waals surface area contributed by atoms with E-state index in [9.17, 15) is 14.0 Å². The predicted octanol–water partition coefficient (Wildman–Crippen LogP) is 4.41. The third kappa shape index (κ3) is 5.23. The average Bonchev–Trinajstić information content (AvgIpc) is 3.08. The zero-order valence-corrected chi connectivity index (χ0v) is 19.4. The van der Waals surface area contributed by atoms with Gasteiger partial charge in [-0.05, 0) is 72.7 Å². The highest BCUT2D eigenvalue weighted by Gasteiger charge is 2.43. The van der Waals surface area contributed by atoms with E-state index in [0.29, 0.717) is 35.2 Å². The highest BCUT2D eigenvalue weighted by atomic mass is 32.1. The van der Waals surface area contributed by atoms with E-state index in [4.69, 9.17) is 17.0 Å². The second-order valence-corrected chi connectivity index (χ2v) is 8.22. The van der Waals surface area contributed by atoms with Crippen molar-refractivity contribution in [1.29, 1.82) is 0 Å². The number of nitrogens with zero attached hydrogens (tertiary/aromatic N) is 2. The number of para-hydroxylation sites is 1. The molecule has 6 nitrogen and oxygen atoms in total. The SMILES string of the molecule is COc1ccc(NC(=O)CC2C(=O)N(c3ccccc3)C(=S)N2CCc2ccc(F)cc2)cc1. The Hall–Kier alpha value is -3.78. The van der Waals surface area contributed by atoms with Crippen LogP contribution in [0.25, 0.3) is 0 Å². The van der Waals surface area contributed by atoms with E-state index in [0.717, 1.165) is 5.56 Å². The normalized spacial score (nSPS) is 15.5. The Morgan fingerprint density at radius 2 is 1.71 bits per heavy atom. The molecule has 1 aliphatic heterocycles. The van der Waals surface area contributed by atoms with Gasteiger partial charge in [-0.15, -0.1) is 0 Å². The molecule has 0 spiro atoms.